The van der Waals surface area contributed by atoms with E-state index in [0.717, 1.165) is 16.1 Å². The van der Waals surface area contributed by atoms with E-state index in [1.807, 2.05) is 44.3 Å². The largest absolute Gasteiger partial charge is 0.326 e. The molecule has 112 valence electrons. The second-order valence-electron chi connectivity index (χ2n) is 5.37. The third kappa shape index (κ3) is 4.03. The van der Waals surface area contributed by atoms with Gasteiger partial charge in [-0.25, -0.2) is 4.39 Å². The van der Waals surface area contributed by atoms with E-state index >= 15 is 0 Å². The van der Waals surface area contributed by atoms with E-state index in [1.54, 1.807) is 6.07 Å². The highest BCUT2D eigenvalue weighted by Gasteiger charge is 2.22. The molecular formula is C17H20ClFN2. The van der Waals surface area contributed by atoms with Crippen LogP contribution in [0.4, 0.5) is 4.39 Å². The quantitative estimate of drug-likeness (QED) is 0.904. The predicted molar refractivity (Wildman–Crippen MR) is 85.7 cm³/mol. The summed E-state index contributed by atoms with van der Waals surface area (Å²) in [6.07, 6.45) is 0. The van der Waals surface area contributed by atoms with E-state index in [4.69, 9.17) is 17.3 Å². The van der Waals surface area contributed by atoms with Crippen molar-refractivity contribution in [1.82, 2.24) is 4.90 Å². The number of likely N-dealkylation sites (N-methyl/N-ethyl adjacent to an activating group) is 1. The van der Waals surface area contributed by atoms with Crippen molar-refractivity contribution in [1.29, 1.82) is 0 Å². The Balaban J connectivity index is 2.24. The summed E-state index contributed by atoms with van der Waals surface area (Å²) in [6, 6.07) is 14.1. The summed E-state index contributed by atoms with van der Waals surface area (Å²) >= 11 is 6.21. The number of benzene rings is 2. The Morgan fingerprint density at radius 1 is 1.19 bits per heavy atom. The molecule has 2 aromatic rings. The number of hydrogen-bond acceptors (Lipinski definition) is 2. The lowest BCUT2D eigenvalue weighted by atomic mass is 9.99. The van der Waals surface area contributed by atoms with Gasteiger partial charge in [-0.15, -0.1) is 0 Å². The lowest BCUT2D eigenvalue weighted by Crippen LogP contribution is -2.37. The Morgan fingerprint density at radius 2 is 1.90 bits per heavy atom. The summed E-state index contributed by atoms with van der Waals surface area (Å²) in [4.78, 5) is 2.10. The number of rotatable bonds is 5. The summed E-state index contributed by atoms with van der Waals surface area (Å²) in [7, 11) is 1.97. The molecule has 0 aliphatic carbocycles. The van der Waals surface area contributed by atoms with Crippen LogP contribution in [-0.4, -0.2) is 18.0 Å². The standard InChI is InChI=1S/C17H20ClFN2/c1-12(20)17(13-7-5-8-15(19)10-13)21(2)11-14-6-3-4-9-16(14)18/h3-10,12,17H,11,20H2,1-2H3. The smallest absolute Gasteiger partial charge is 0.123 e. The lowest BCUT2D eigenvalue weighted by molar-refractivity contribution is 0.210. The van der Waals surface area contributed by atoms with Gasteiger partial charge >= 0.3 is 0 Å². The molecule has 2 rings (SSSR count). The first-order valence-electron chi connectivity index (χ1n) is 6.93. The fourth-order valence-corrected chi connectivity index (χ4v) is 2.84. The van der Waals surface area contributed by atoms with Crippen LogP contribution in [0.2, 0.25) is 5.02 Å². The fourth-order valence-electron chi connectivity index (χ4n) is 2.64. The summed E-state index contributed by atoms with van der Waals surface area (Å²) in [5.74, 6) is -0.246. The van der Waals surface area contributed by atoms with Gasteiger partial charge in [0.2, 0.25) is 0 Å². The highest BCUT2D eigenvalue weighted by molar-refractivity contribution is 6.31. The van der Waals surface area contributed by atoms with Crippen molar-refractivity contribution in [2.24, 2.45) is 5.73 Å². The van der Waals surface area contributed by atoms with Gasteiger partial charge in [0.25, 0.3) is 0 Å². The first kappa shape index (κ1) is 16.0. The molecule has 2 N–H and O–H groups in total. The highest BCUT2D eigenvalue weighted by Crippen LogP contribution is 2.26. The monoisotopic (exact) mass is 306 g/mol. The molecule has 0 amide bonds. The summed E-state index contributed by atoms with van der Waals surface area (Å²) in [6.45, 7) is 2.58. The van der Waals surface area contributed by atoms with Crippen molar-refractivity contribution in [3.05, 3.63) is 70.5 Å². The molecule has 0 radical (unpaired) electrons. The molecule has 0 spiro atoms. The molecular weight excluding hydrogens is 287 g/mol. The molecule has 4 heteroatoms. The molecule has 2 aromatic carbocycles. The van der Waals surface area contributed by atoms with E-state index in [9.17, 15) is 4.39 Å². The van der Waals surface area contributed by atoms with E-state index in [2.05, 4.69) is 4.90 Å². The van der Waals surface area contributed by atoms with Crippen LogP contribution in [0.3, 0.4) is 0 Å². The number of nitrogens with two attached hydrogens (primary N) is 1. The van der Waals surface area contributed by atoms with Crippen LogP contribution in [0.1, 0.15) is 24.1 Å². The van der Waals surface area contributed by atoms with Crippen LogP contribution in [0, 0.1) is 5.82 Å². The molecule has 0 saturated carbocycles. The number of nitrogens with zero attached hydrogens (tertiary/aromatic N) is 1. The van der Waals surface area contributed by atoms with E-state index in [-0.39, 0.29) is 17.9 Å². The Bertz CT molecular complexity index is 601. The van der Waals surface area contributed by atoms with Crippen LogP contribution in [0.5, 0.6) is 0 Å². The maximum Gasteiger partial charge on any atom is 0.123 e. The van der Waals surface area contributed by atoms with Gasteiger partial charge in [0, 0.05) is 23.7 Å². The van der Waals surface area contributed by atoms with Crippen LogP contribution in [0.25, 0.3) is 0 Å². The van der Waals surface area contributed by atoms with E-state index < -0.39 is 0 Å². The van der Waals surface area contributed by atoms with Gasteiger partial charge in [-0.3, -0.25) is 4.90 Å². The molecule has 2 unspecified atom stereocenters. The lowest BCUT2D eigenvalue weighted by Gasteiger charge is -2.31. The van der Waals surface area contributed by atoms with Crippen LogP contribution < -0.4 is 5.73 Å². The van der Waals surface area contributed by atoms with Gasteiger partial charge in [0.05, 0.1) is 0 Å². The molecule has 0 aromatic heterocycles. The first-order valence-corrected chi connectivity index (χ1v) is 7.31. The Hall–Kier alpha value is -1.42. The average Bonchev–Trinajstić information content (AvgIpc) is 2.41. The van der Waals surface area contributed by atoms with Crippen molar-refractivity contribution in [2.45, 2.75) is 25.6 Å². The molecule has 0 fully saturated rings. The van der Waals surface area contributed by atoms with Crippen LogP contribution in [-0.2, 0) is 6.54 Å². The number of halogens is 2. The summed E-state index contributed by atoms with van der Waals surface area (Å²) < 4.78 is 13.5. The van der Waals surface area contributed by atoms with Gasteiger partial charge < -0.3 is 5.73 Å². The van der Waals surface area contributed by atoms with Crippen molar-refractivity contribution in [2.75, 3.05) is 7.05 Å². The van der Waals surface area contributed by atoms with Gasteiger partial charge in [-0.2, -0.15) is 0 Å². The Morgan fingerprint density at radius 3 is 2.52 bits per heavy atom. The second kappa shape index (κ2) is 7.03. The molecule has 0 bridgehead atoms. The van der Waals surface area contributed by atoms with Crippen molar-refractivity contribution in [3.63, 3.8) is 0 Å². The van der Waals surface area contributed by atoms with E-state index in [1.165, 1.54) is 12.1 Å². The van der Waals surface area contributed by atoms with Gasteiger partial charge in [0.1, 0.15) is 5.82 Å². The minimum Gasteiger partial charge on any atom is -0.326 e. The fraction of sp³-hybridized carbons (Fsp3) is 0.294. The average molecular weight is 307 g/mol. The van der Waals surface area contributed by atoms with Crippen LogP contribution in [0.15, 0.2) is 48.5 Å². The summed E-state index contributed by atoms with van der Waals surface area (Å²) in [5.41, 5.74) is 8.02. The van der Waals surface area contributed by atoms with Gasteiger partial charge in [-0.05, 0) is 43.3 Å². The molecule has 0 aliphatic heterocycles. The second-order valence-corrected chi connectivity index (χ2v) is 5.77. The SMILES string of the molecule is CC(N)C(c1cccc(F)c1)N(C)Cc1ccccc1Cl. The predicted octanol–water partition coefficient (Wildman–Crippen LogP) is 4.00. The third-order valence-corrected chi connectivity index (χ3v) is 3.91. The highest BCUT2D eigenvalue weighted by atomic mass is 35.5. The third-order valence-electron chi connectivity index (χ3n) is 3.54. The first-order chi connectivity index (χ1) is 9.99. The van der Waals surface area contributed by atoms with Crippen molar-refractivity contribution in [3.8, 4) is 0 Å². The zero-order valence-corrected chi connectivity index (χ0v) is 13.0. The molecule has 0 aliphatic rings. The normalized spacial score (nSPS) is 14.2. The maximum absolute atomic E-state index is 13.5. The zero-order chi connectivity index (χ0) is 15.4. The Kier molecular flexibility index (Phi) is 5.34. The molecule has 21 heavy (non-hydrogen) atoms. The van der Waals surface area contributed by atoms with Crippen molar-refractivity contribution >= 4 is 11.6 Å². The minimum absolute atomic E-state index is 0.0722. The van der Waals surface area contributed by atoms with E-state index in [0.29, 0.717) is 6.54 Å². The maximum atomic E-state index is 13.5. The molecule has 2 atom stereocenters. The molecule has 2 nitrogen and oxygen atoms in total. The summed E-state index contributed by atoms with van der Waals surface area (Å²) in [5, 5.41) is 0.729. The molecule has 0 saturated heterocycles. The van der Waals surface area contributed by atoms with Crippen LogP contribution >= 0.6 is 11.6 Å². The Labute approximate surface area is 130 Å². The zero-order valence-electron chi connectivity index (χ0n) is 12.3. The van der Waals surface area contributed by atoms with Gasteiger partial charge in [0.15, 0.2) is 0 Å². The number of hydrogen-bond donors (Lipinski definition) is 1. The topological polar surface area (TPSA) is 29.3 Å². The van der Waals surface area contributed by atoms with Crippen molar-refractivity contribution < 1.29 is 4.39 Å². The molecule has 0 heterocycles. The van der Waals surface area contributed by atoms with Gasteiger partial charge in [-0.1, -0.05) is 41.9 Å². The minimum atomic E-state index is -0.246.